The first kappa shape index (κ1) is 22.9. The number of hydrogen-bond acceptors (Lipinski definition) is 5. The van der Waals surface area contributed by atoms with Crippen molar-refractivity contribution in [3.63, 3.8) is 0 Å². The van der Waals surface area contributed by atoms with Crippen molar-refractivity contribution in [3.8, 4) is 17.0 Å². The van der Waals surface area contributed by atoms with Crippen LogP contribution in [0.25, 0.3) is 16.8 Å². The molecule has 7 nitrogen and oxygen atoms in total. The minimum Gasteiger partial charge on any atom is -0.497 e. The number of aromatic nitrogens is 3. The highest BCUT2D eigenvalue weighted by Gasteiger charge is 2.28. The Morgan fingerprint density at radius 3 is 2.74 bits per heavy atom. The lowest BCUT2D eigenvalue weighted by atomic mass is 9.97. The van der Waals surface area contributed by atoms with Crippen LogP contribution in [-0.2, 0) is 11.3 Å². The number of rotatable bonds is 6. The van der Waals surface area contributed by atoms with Gasteiger partial charge >= 0.3 is 0 Å². The van der Waals surface area contributed by atoms with Crippen LogP contribution in [0.4, 0.5) is 5.82 Å². The number of piperidine rings is 1. The monoisotopic (exact) mass is 469 g/mol. The van der Waals surface area contributed by atoms with Gasteiger partial charge in [-0.2, -0.15) is 5.10 Å². The van der Waals surface area contributed by atoms with Crippen molar-refractivity contribution in [1.29, 1.82) is 0 Å². The summed E-state index contributed by atoms with van der Waals surface area (Å²) in [5.74, 6) is 1.70. The Kier molecular flexibility index (Phi) is 6.40. The fraction of sp³-hybridized carbons (Fsp3) is 0.321. The molecule has 1 aliphatic heterocycles. The number of anilines is 1. The van der Waals surface area contributed by atoms with Crippen LogP contribution >= 0.6 is 0 Å². The van der Waals surface area contributed by atoms with E-state index < -0.39 is 0 Å². The van der Waals surface area contributed by atoms with Crippen LogP contribution < -0.4 is 15.0 Å². The third kappa shape index (κ3) is 4.85. The molecule has 1 aliphatic rings. The SMILES string of the molecule is COc1ccc(CNC(=O)C2CCCN(c3nccn4nc(-c5ccc(C)cc5C)cc34)C2)cc1. The first-order valence-electron chi connectivity index (χ1n) is 12.1. The summed E-state index contributed by atoms with van der Waals surface area (Å²) in [5, 5.41) is 7.93. The highest BCUT2D eigenvalue weighted by molar-refractivity contribution is 5.81. The van der Waals surface area contributed by atoms with E-state index in [-0.39, 0.29) is 11.8 Å². The largest absolute Gasteiger partial charge is 0.497 e. The Balaban J connectivity index is 1.32. The predicted octanol–water partition coefficient (Wildman–Crippen LogP) is 4.55. The van der Waals surface area contributed by atoms with Crippen LogP contribution in [0.1, 0.15) is 29.5 Å². The topological polar surface area (TPSA) is 71.8 Å². The summed E-state index contributed by atoms with van der Waals surface area (Å²) in [5.41, 5.74) is 6.51. The molecule has 35 heavy (non-hydrogen) atoms. The molecular formula is C28H31N5O2. The number of carbonyl (C=O) groups excluding carboxylic acids is 1. The van der Waals surface area contributed by atoms with E-state index in [1.54, 1.807) is 13.3 Å². The molecule has 0 spiro atoms. The summed E-state index contributed by atoms with van der Waals surface area (Å²) < 4.78 is 7.10. The van der Waals surface area contributed by atoms with Gasteiger partial charge in [0.15, 0.2) is 5.82 Å². The Labute approximate surface area is 205 Å². The molecule has 1 atom stereocenters. The van der Waals surface area contributed by atoms with Crippen molar-refractivity contribution in [2.24, 2.45) is 5.92 Å². The summed E-state index contributed by atoms with van der Waals surface area (Å²) in [4.78, 5) is 19.9. The molecule has 0 aliphatic carbocycles. The van der Waals surface area contributed by atoms with Gasteiger partial charge < -0.3 is 15.0 Å². The number of hydrogen-bond donors (Lipinski definition) is 1. The first-order chi connectivity index (χ1) is 17.0. The van der Waals surface area contributed by atoms with Crippen molar-refractivity contribution in [3.05, 3.63) is 77.6 Å². The number of nitrogens with one attached hydrogen (secondary N) is 1. The van der Waals surface area contributed by atoms with E-state index in [0.717, 1.165) is 53.3 Å². The summed E-state index contributed by atoms with van der Waals surface area (Å²) in [7, 11) is 1.65. The minimum absolute atomic E-state index is 0.0780. The summed E-state index contributed by atoms with van der Waals surface area (Å²) in [6, 6.07) is 16.3. The molecule has 1 N–H and O–H groups in total. The Morgan fingerprint density at radius 2 is 1.97 bits per heavy atom. The van der Waals surface area contributed by atoms with Gasteiger partial charge in [0, 0.05) is 37.6 Å². The van der Waals surface area contributed by atoms with Gasteiger partial charge in [0.25, 0.3) is 0 Å². The fourth-order valence-corrected chi connectivity index (χ4v) is 4.84. The highest BCUT2D eigenvalue weighted by Crippen LogP contribution is 2.30. The normalized spacial score (nSPS) is 15.9. The number of carbonyl (C=O) groups is 1. The Hall–Kier alpha value is -3.87. The van der Waals surface area contributed by atoms with Crippen LogP contribution in [0.15, 0.2) is 60.9 Å². The average Bonchev–Trinajstić information content (AvgIpc) is 3.31. The Morgan fingerprint density at radius 1 is 1.14 bits per heavy atom. The zero-order chi connectivity index (χ0) is 24.4. The fourth-order valence-electron chi connectivity index (χ4n) is 4.84. The second kappa shape index (κ2) is 9.78. The van der Waals surface area contributed by atoms with Crippen molar-refractivity contribution in [2.45, 2.75) is 33.2 Å². The van der Waals surface area contributed by atoms with Gasteiger partial charge in [-0.05, 0) is 56.0 Å². The van der Waals surface area contributed by atoms with Crippen LogP contribution in [0.3, 0.4) is 0 Å². The second-order valence-corrected chi connectivity index (χ2v) is 9.28. The lowest BCUT2D eigenvalue weighted by Gasteiger charge is -2.33. The lowest BCUT2D eigenvalue weighted by Crippen LogP contribution is -2.43. The number of nitrogens with zero attached hydrogens (tertiary/aromatic N) is 4. The van der Waals surface area contributed by atoms with Gasteiger partial charge in [-0.1, -0.05) is 35.9 Å². The molecule has 180 valence electrons. The quantitative estimate of drug-likeness (QED) is 0.448. The molecule has 0 radical (unpaired) electrons. The van der Waals surface area contributed by atoms with Gasteiger partial charge in [-0.3, -0.25) is 4.79 Å². The number of methoxy groups -OCH3 is 1. The number of ether oxygens (including phenoxy) is 1. The van der Waals surface area contributed by atoms with E-state index in [4.69, 9.17) is 14.8 Å². The first-order valence-corrected chi connectivity index (χ1v) is 12.1. The van der Waals surface area contributed by atoms with E-state index in [2.05, 4.69) is 48.3 Å². The van der Waals surface area contributed by atoms with E-state index in [1.807, 2.05) is 35.0 Å². The van der Waals surface area contributed by atoms with E-state index in [0.29, 0.717) is 13.1 Å². The molecule has 4 aromatic rings. The van der Waals surface area contributed by atoms with Crippen LogP contribution in [0, 0.1) is 19.8 Å². The van der Waals surface area contributed by atoms with Gasteiger partial charge in [0.2, 0.25) is 5.91 Å². The minimum atomic E-state index is -0.0780. The van der Waals surface area contributed by atoms with E-state index in [9.17, 15) is 4.79 Å². The highest BCUT2D eigenvalue weighted by atomic mass is 16.5. The maximum atomic E-state index is 13.0. The third-order valence-corrected chi connectivity index (χ3v) is 6.74. The van der Waals surface area contributed by atoms with Crippen molar-refractivity contribution in [2.75, 3.05) is 25.1 Å². The van der Waals surface area contributed by atoms with E-state index in [1.165, 1.54) is 11.1 Å². The van der Waals surface area contributed by atoms with Crippen LogP contribution in [-0.4, -0.2) is 40.7 Å². The van der Waals surface area contributed by atoms with Crippen molar-refractivity contribution >= 4 is 17.2 Å². The summed E-state index contributed by atoms with van der Waals surface area (Å²) in [6.07, 6.45) is 5.49. The molecule has 1 amide bonds. The number of aryl methyl sites for hydroxylation is 2. The van der Waals surface area contributed by atoms with Crippen molar-refractivity contribution < 1.29 is 9.53 Å². The summed E-state index contributed by atoms with van der Waals surface area (Å²) in [6.45, 7) is 6.24. The average molecular weight is 470 g/mol. The van der Waals surface area contributed by atoms with Gasteiger partial charge in [0.1, 0.15) is 11.3 Å². The van der Waals surface area contributed by atoms with Gasteiger partial charge in [0.05, 0.1) is 18.7 Å². The molecule has 2 aromatic carbocycles. The van der Waals surface area contributed by atoms with Crippen molar-refractivity contribution in [1.82, 2.24) is 19.9 Å². The van der Waals surface area contributed by atoms with Crippen LogP contribution in [0.5, 0.6) is 5.75 Å². The summed E-state index contributed by atoms with van der Waals surface area (Å²) >= 11 is 0. The molecule has 2 aromatic heterocycles. The molecular weight excluding hydrogens is 438 g/mol. The molecule has 3 heterocycles. The van der Waals surface area contributed by atoms with Crippen LogP contribution in [0.2, 0.25) is 0 Å². The number of fused-ring (bicyclic) bond motifs is 1. The molecule has 5 rings (SSSR count). The van der Waals surface area contributed by atoms with Gasteiger partial charge in [-0.25, -0.2) is 9.50 Å². The maximum Gasteiger partial charge on any atom is 0.225 e. The zero-order valence-electron chi connectivity index (χ0n) is 20.5. The molecule has 1 unspecified atom stereocenters. The second-order valence-electron chi connectivity index (χ2n) is 9.28. The number of amides is 1. The predicted molar refractivity (Wildman–Crippen MR) is 138 cm³/mol. The molecule has 7 heteroatoms. The third-order valence-electron chi connectivity index (χ3n) is 6.74. The standard InChI is InChI=1S/C28H31N5O2/c1-19-6-11-24(20(2)15-19)25-16-26-27(29-12-14-33(26)31-25)32-13-4-5-22(18-32)28(34)30-17-21-7-9-23(35-3)10-8-21/h6-12,14-16,22H,4-5,13,17-18H2,1-3H3,(H,30,34). The molecule has 0 bridgehead atoms. The molecule has 1 saturated heterocycles. The molecule has 0 saturated carbocycles. The van der Waals surface area contributed by atoms with Gasteiger partial charge in [-0.15, -0.1) is 0 Å². The zero-order valence-corrected chi connectivity index (χ0v) is 20.5. The smallest absolute Gasteiger partial charge is 0.225 e. The van der Waals surface area contributed by atoms with E-state index >= 15 is 0 Å². The number of benzene rings is 2. The lowest BCUT2D eigenvalue weighted by molar-refractivity contribution is -0.125. The molecule has 1 fully saturated rings. The Bertz CT molecular complexity index is 1350. The maximum absolute atomic E-state index is 13.0.